The summed E-state index contributed by atoms with van der Waals surface area (Å²) >= 11 is 11.5. The summed E-state index contributed by atoms with van der Waals surface area (Å²) in [6.07, 6.45) is 4.58. The van der Waals surface area contributed by atoms with E-state index in [2.05, 4.69) is 20.6 Å². The van der Waals surface area contributed by atoms with Gasteiger partial charge in [-0.2, -0.15) is 4.98 Å². The van der Waals surface area contributed by atoms with E-state index < -0.39 is 5.91 Å². The Morgan fingerprint density at radius 1 is 1.03 bits per heavy atom. The summed E-state index contributed by atoms with van der Waals surface area (Å²) in [5.74, 6) is 1.22. The number of fused-ring (bicyclic) bond motifs is 1. The molecular formula is C27H19ClN4O3S. The van der Waals surface area contributed by atoms with Gasteiger partial charge in [0.2, 0.25) is 11.8 Å². The van der Waals surface area contributed by atoms with Gasteiger partial charge in [-0.15, -0.1) is 0 Å². The number of nitrogens with one attached hydrogen (secondary N) is 2. The van der Waals surface area contributed by atoms with Crippen molar-refractivity contribution in [1.29, 1.82) is 0 Å². The Morgan fingerprint density at radius 3 is 2.75 bits per heavy atom. The van der Waals surface area contributed by atoms with Gasteiger partial charge in [0.05, 0.1) is 0 Å². The molecule has 0 aliphatic carbocycles. The zero-order valence-electron chi connectivity index (χ0n) is 19.0. The number of rotatable bonds is 5. The van der Waals surface area contributed by atoms with E-state index in [-0.39, 0.29) is 5.11 Å². The molecule has 5 aromatic rings. The van der Waals surface area contributed by atoms with Gasteiger partial charge in [0.25, 0.3) is 0 Å². The van der Waals surface area contributed by atoms with Crippen molar-refractivity contribution in [3.63, 3.8) is 0 Å². The molecule has 0 unspecified atom stereocenters. The van der Waals surface area contributed by atoms with Crippen molar-refractivity contribution < 1.29 is 13.6 Å². The highest BCUT2D eigenvalue weighted by Gasteiger charge is 2.10. The van der Waals surface area contributed by atoms with Crippen LogP contribution >= 0.6 is 23.8 Å². The second-order valence-corrected chi connectivity index (χ2v) is 8.68. The Balaban J connectivity index is 1.20. The monoisotopic (exact) mass is 514 g/mol. The molecule has 178 valence electrons. The van der Waals surface area contributed by atoms with Crippen molar-refractivity contribution in [2.75, 3.05) is 5.32 Å². The highest BCUT2D eigenvalue weighted by molar-refractivity contribution is 7.80. The van der Waals surface area contributed by atoms with Crippen molar-refractivity contribution in [3.05, 3.63) is 95.3 Å². The number of aryl methyl sites for hydroxylation is 1. The summed E-state index contributed by atoms with van der Waals surface area (Å²) in [5.41, 5.74) is 4.40. The van der Waals surface area contributed by atoms with E-state index in [1.807, 2.05) is 55.5 Å². The lowest BCUT2D eigenvalue weighted by Crippen LogP contribution is -2.32. The van der Waals surface area contributed by atoms with Gasteiger partial charge in [0.15, 0.2) is 16.3 Å². The molecule has 0 bridgehead atoms. The maximum atomic E-state index is 12.3. The number of pyridine rings is 1. The Bertz CT molecular complexity index is 1590. The molecule has 0 saturated carbocycles. The lowest BCUT2D eigenvalue weighted by atomic mass is 10.1. The molecule has 3 aromatic heterocycles. The van der Waals surface area contributed by atoms with Gasteiger partial charge in [-0.3, -0.25) is 10.1 Å². The average molecular weight is 515 g/mol. The van der Waals surface area contributed by atoms with Crippen LogP contribution in [-0.2, 0) is 4.79 Å². The Labute approximate surface area is 216 Å². The van der Waals surface area contributed by atoms with Crippen LogP contribution in [0.3, 0.4) is 0 Å². The third kappa shape index (κ3) is 5.35. The second-order valence-electron chi connectivity index (χ2n) is 7.87. The fraction of sp³-hybridized carbons (Fsp3) is 0.0370. The van der Waals surface area contributed by atoms with Crippen molar-refractivity contribution in [3.8, 4) is 22.8 Å². The van der Waals surface area contributed by atoms with Gasteiger partial charge in [0, 0.05) is 34.1 Å². The molecule has 2 N–H and O–H groups in total. The van der Waals surface area contributed by atoms with Gasteiger partial charge in [-0.1, -0.05) is 29.8 Å². The molecule has 1 amide bonds. The highest BCUT2D eigenvalue weighted by Crippen LogP contribution is 2.27. The van der Waals surface area contributed by atoms with Crippen molar-refractivity contribution in [2.24, 2.45) is 0 Å². The molecule has 0 spiro atoms. The number of amides is 1. The number of halogens is 1. The summed E-state index contributed by atoms with van der Waals surface area (Å²) in [6.45, 7) is 1.94. The minimum atomic E-state index is -0.398. The zero-order valence-corrected chi connectivity index (χ0v) is 20.6. The minimum absolute atomic E-state index is 0.149. The lowest BCUT2D eigenvalue weighted by Gasteiger charge is -2.08. The molecule has 0 fully saturated rings. The van der Waals surface area contributed by atoms with E-state index in [0.717, 1.165) is 16.7 Å². The first-order valence-corrected chi connectivity index (χ1v) is 11.7. The number of hydrogen-bond acceptors (Lipinski definition) is 6. The van der Waals surface area contributed by atoms with E-state index >= 15 is 0 Å². The summed E-state index contributed by atoms with van der Waals surface area (Å²) in [4.78, 5) is 20.9. The van der Waals surface area contributed by atoms with Crippen LogP contribution in [0, 0.1) is 6.92 Å². The summed E-state index contributed by atoms with van der Waals surface area (Å²) in [7, 11) is 0. The number of benzene rings is 2. The van der Waals surface area contributed by atoms with Crippen LogP contribution in [-0.4, -0.2) is 21.0 Å². The molecule has 0 aliphatic heterocycles. The fourth-order valence-electron chi connectivity index (χ4n) is 3.44. The van der Waals surface area contributed by atoms with Crippen LogP contribution in [0.4, 0.5) is 5.69 Å². The number of oxazole rings is 1. The standard InChI is InChI=1S/C27H19ClN4O3S/c1-16-7-8-17(15-21(16)28)22-11-9-20(34-22)10-12-24(33)31-27(36)30-19-5-2-4-18(14-19)26-32-25-23(35-26)6-3-13-29-25/h2-15H,1H3,(H2,30,31,33,36)/b12-10+. The largest absolute Gasteiger partial charge is 0.457 e. The molecule has 0 radical (unpaired) electrons. The number of nitrogens with zero attached hydrogens (tertiary/aromatic N) is 2. The molecule has 36 heavy (non-hydrogen) atoms. The number of carbonyl (C=O) groups is 1. The molecular weight excluding hydrogens is 496 g/mol. The number of furan rings is 1. The molecule has 2 aromatic carbocycles. The van der Waals surface area contributed by atoms with Crippen molar-refractivity contribution >= 4 is 57.8 Å². The summed E-state index contributed by atoms with van der Waals surface area (Å²) < 4.78 is 11.6. The van der Waals surface area contributed by atoms with Crippen LogP contribution in [0.15, 0.2) is 87.8 Å². The first kappa shape index (κ1) is 23.5. The van der Waals surface area contributed by atoms with Crippen LogP contribution in [0.5, 0.6) is 0 Å². The number of aromatic nitrogens is 2. The van der Waals surface area contributed by atoms with E-state index in [4.69, 9.17) is 32.7 Å². The molecule has 0 aliphatic rings. The second kappa shape index (κ2) is 10.2. The van der Waals surface area contributed by atoms with Gasteiger partial charge < -0.3 is 14.2 Å². The zero-order chi connectivity index (χ0) is 25.1. The first-order chi connectivity index (χ1) is 17.4. The van der Waals surface area contributed by atoms with Gasteiger partial charge >= 0.3 is 0 Å². The number of hydrogen-bond donors (Lipinski definition) is 2. The quantitative estimate of drug-likeness (QED) is 0.200. The smallest absolute Gasteiger partial charge is 0.250 e. The maximum Gasteiger partial charge on any atom is 0.250 e. The average Bonchev–Trinajstić information content (AvgIpc) is 3.52. The van der Waals surface area contributed by atoms with Gasteiger partial charge in [-0.25, -0.2) is 4.98 Å². The van der Waals surface area contributed by atoms with Crippen LogP contribution in [0.2, 0.25) is 5.02 Å². The van der Waals surface area contributed by atoms with Gasteiger partial charge in [-0.05, 0) is 79.3 Å². The van der Waals surface area contributed by atoms with Crippen molar-refractivity contribution in [1.82, 2.24) is 15.3 Å². The number of anilines is 1. The van der Waals surface area contributed by atoms with E-state index in [9.17, 15) is 4.79 Å². The highest BCUT2D eigenvalue weighted by atomic mass is 35.5. The van der Waals surface area contributed by atoms with Gasteiger partial charge in [0.1, 0.15) is 11.5 Å². The molecule has 0 atom stereocenters. The third-order valence-corrected chi connectivity index (χ3v) is 5.86. The van der Waals surface area contributed by atoms with Crippen molar-refractivity contribution in [2.45, 2.75) is 6.92 Å². The molecule has 9 heteroatoms. The lowest BCUT2D eigenvalue weighted by molar-refractivity contribution is -0.115. The van der Waals surface area contributed by atoms with E-state index in [1.54, 1.807) is 30.5 Å². The minimum Gasteiger partial charge on any atom is -0.457 e. The van der Waals surface area contributed by atoms with Crippen LogP contribution in [0.1, 0.15) is 11.3 Å². The number of thiocarbonyl (C=S) groups is 1. The predicted octanol–water partition coefficient (Wildman–Crippen LogP) is 6.64. The van der Waals surface area contributed by atoms with Crippen LogP contribution in [0.25, 0.3) is 40.1 Å². The normalized spacial score (nSPS) is 11.2. The molecule has 3 heterocycles. The maximum absolute atomic E-state index is 12.3. The molecule has 7 nitrogen and oxygen atoms in total. The van der Waals surface area contributed by atoms with E-state index in [0.29, 0.717) is 39.4 Å². The molecule has 5 rings (SSSR count). The Hall–Kier alpha value is -4.27. The van der Waals surface area contributed by atoms with E-state index in [1.165, 1.54) is 6.08 Å². The fourth-order valence-corrected chi connectivity index (χ4v) is 3.84. The Morgan fingerprint density at radius 2 is 1.92 bits per heavy atom. The predicted molar refractivity (Wildman–Crippen MR) is 145 cm³/mol. The summed E-state index contributed by atoms with van der Waals surface area (Å²) in [5, 5.41) is 6.43. The number of carbonyl (C=O) groups excluding carboxylic acids is 1. The summed E-state index contributed by atoms with van der Waals surface area (Å²) in [6, 6.07) is 20.2. The van der Waals surface area contributed by atoms with Crippen LogP contribution < -0.4 is 10.6 Å². The third-order valence-electron chi connectivity index (χ3n) is 5.25. The molecule has 0 saturated heterocycles. The Kier molecular flexibility index (Phi) is 6.62. The topological polar surface area (TPSA) is 93.2 Å². The first-order valence-electron chi connectivity index (χ1n) is 10.9. The SMILES string of the molecule is Cc1ccc(-c2ccc(/C=C/C(=O)NC(=S)Nc3cccc(-c4nc5ncccc5o4)c3)o2)cc1Cl.